The number of ether oxygens (including phenoxy) is 1. The van der Waals surface area contributed by atoms with Gasteiger partial charge in [-0.1, -0.05) is 6.07 Å². The van der Waals surface area contributed by atoms with E-state index in [0.29, 0.717) is 17.8 Å². The molecule has 2 bridgehead atoms. The van der Waals surface area contributed by atoms with Gasteiger partial charge in [-0.3, -0.25) is 0 Å². The van der Waals surface area contributed by atoms with Crippen LogP contribution in [-0.2, 0) is 4.74 Å². The average Bonchev–Trinajstić information content (AvgIpc) is 2.97. The van der Waals surface area contributed by atoms with E-state index in [2.05, 4.69) is 11.1 Å². The molecule has 0 saturated carbocycles. The molecule has 2 aliphatic heterocycles. The van der Waals surface area contributed by atoms with Crippen molar-refractivity contribution in [1.29, 1.82) is 0 Å². The molecule has 3 atom stereocenters. The fraction of sp³-hybridized carbons (Fsp3) is 0.647. The molecule has 5 heteroatoms. The van der Waals surface area contributed by atoms with Crippen molar-refractivity contribution in [1.82, 2.24) is 9.88 Å². The Kier molecular flexibility index (Phi) is 3.54. The van der Waals surface area contributed by atoms with Gasteiger partial charge in [0.05, 0.1) is 0 Å². The van der Waals surface area contributed by atoms with Crippen LogP contribution in [0.25, 0.3) is 0 Å². The van der Waals surface area contributed by atoms with Crippen LogP contribution < -0.4 is 5.73 Å². The van der Waals surface area contributed by atoms with Gasteiger partial charge in [-0.2, -0.15) is 0 Å². The topological polar surface area (TPSA) is 68.5 Å². The van der Waals surface area contributed by atoms with Crippen molar-refractivity contribution in [2.75, 3.05) is 5.73 Å². The van der Waals surface area contributed by atoms with Crippen molar-refractivity contribution in [3.63, 3.8) is 0 Å². The second kappa shape index (κ2) is 5.14. The van der Waals surface area contributed by atoms with E-state index >= 15 is 0 Å². The number of amides is 1. The van der Waals surface area contributed by atoms with Gasteiger partial charge in [0.2, 0.25) is 0 Å². The Hall–Kier alpha value is -1.78. The third-order valence-corrected chi connectivity index (χ3v) is 4.71. The first-order chi connectivity index (χ1) is 10.3. The van der Waals surface area contributed by atoms with Crippen molar-refractivity contribution in [3.8, 4) is 0 Å². The number of nitrogen functional groups attached to an aromatic ring is 1. The number of anilines is 1. The van der Waals surface area contributed by atoms with Crippen molar-refractivity contribution in [2.45, 2.75) is 70.6 Å². The molecule has 1 aromatic rings. The van der Waals surface area contributed by atoms with Crippen molar-refractivity contribution in [3.05, 3.63) is 23.4 Å². The number of hydrogen-bond donors (Lipinski definition) is 1. The fourth-order valence-electron chi connectivity index (χ4n) is 3.76. The molecule has 1 aromatic heterocycles. The van der Waals surface area contributed by atoms with Gasteiger partial charge < -0.3 is 15.4 Å². The summed E-state index contributed by atoms with van der Waals surface area (Å²) in [6.07, 6.45) is 4.79. The van der Waals surface area contributed by atoms with Crippen LogP contribution in [0.5, 0.6) is 0 Å². The Morgan fingerprint density at radius 3 is 2.77 bits per heavy atom. The lowest BCUT2D eigenvalue weighted by Crippen LogP contribution is -2.40. The molecule has 0 aliphatic carbocycles. The summed E-state index contributed by atoms with van der Waals surface area (Å²) < 4.78 is 5.58. The molecular formula is C17H25N3O2. The highest BCUT2D eigenvalue weighted by molar-refractivity contribution is 5.70. The number of carbonyl (C=O) groups excluding carboxylic acids is 1. The van der Waals surface area contributed by atoms with Crippen LogP contribution in [0.2, 0.25) is 0 Å². The van der Waals surface area contributed by atoms with Gasteiger partial charge in [0.25, 0.3) is 0 Å². The van der Waals surface area contributed by atoms with Gasteiger partial charge in [-0.25, -0.2) is 9.78 Å². The highest BCUT2D eigenvalue weighted by Gasteiger charge is 2.50. The first kappa shape index (κ1) is 15.1. The van der Waals surface area contributed by atoms with Gasteiger partial charge in [0.1, 0.15) is 11.4 Å². The Morgan fingerprint density at radius 2 is 2.14 bits per heavy atom. The molecular weight excluding hydrogens is 278 g/mol. The lowest BCUT2D eigenvalue weighted by Gasteiger charge is -2.28. The number of nitrogens with two attached hydrogens (primary N) is 1. The van der Waals surface area contributed by atoms with Crippen LogP contribution in [0.1, 0.15) is 57.1 Å². The SMILES string of the molecule is Cc1cc(C2CC3CCC2N3C(=O)OC(C)(C)C)cnc1N. The normalized spacial score (nSPS) is 27.3. The Bertz CT molecular complexity index is 594. The van der Waals surface area contributed by atoms with Crippen LogP contribution in [-0.4, -0.2) is 33.7 Å². The second-order valence-corrected chi connectivity index (χ2v) is 7.50. The third-order valence-electron chi connectivity index (χ3n) is 4.71. The molecule has 2 fully saturated rings. The van der Waals surface area contributed by atoms with Crippen LogP contribution in [0.3, 0.4) is 0 Å². The molecule has 0 aromatic carbocycles. The minimum Gasteiger partial charge on any atom is -0.444 e. The van der Waals surface area contributed by atoms with E-state index in [1.807, 2.05) is 38.8 Å². The first-order valence-corrected chi connectivity index (χ1v) is 7.99. The average molecular weight is 303 g/mol. The van der Waals surface area contributed by atoms with Crippen LogP contribution in [0.4, 0.5) is 10.6 Å². The maximum Gasteiger partial charge on any atom is 0.410 e. The Labute approximate surface area is 131 Å². The van der Waals surface area contributed by atoms with Crippen molar-refractivity contribution >= 4 is 11.9 Å². The molecule has 3 rings (SSSR count). The van der Waals surface area contributed by atoms with E-state index in [9.17, 15) is 4.79 Å². The van der Waals surface area contributed by atoms with E-state index in [4.69, 9.17) is 10.5 Å². The number of fused-ring (bicyclic) bond motifs is 2. The number of rotatable bonds is 1. The summed E-state index contributed by atoms with van der Waals surface area (Å²) in [5, 5.41) is 0. The molecule has 22 heavy (non-hydrogen) atoms. The molecule has 0 radical (unpaired) electrons. The zero-order valence-corrected chi connectivity index (χ0v) is 13.8. The highest BCUT2D eigenvalue weighted by Crippen LogP contribution is 2.47. The zero-order valence-electron chi connectivity index (χ0n) is 13.8. The summed E-state index contributed by atoms with van der Waals surface area (Å²) in [6, 6.07) is 2.63. The van der Waals surface area contributed by atoms with Gasteiger partial charge in [0.15, 0.2) is 0 Å². The number of aryl methyl sites for hydroxylation is 1. The number of nitrogens with zero attached hydrogens (tertiary/aromatic N) is 2. The minimum atomic E-state index is -0.450. The highest BCUT2D eigenvalue weighted by atomic mass is 16.6. The van der Waals surface area contributed by atoms with E-state index in [1.54, 1.807) is 0 Å². The molecule has 2 aliphatic rings. The number of aromatic nitrogens is 1. The zero-order chi connectivity index (χ0) is 16.1. The van der Waals surface area contributed by atoms with Gasteiger partial charge >= 0.3 is 6.09 Å². The third kappa shape index (κ3) is 2.64. The van der Waals surface area contributed by atoms with Gasteiger partial charge in [0, 0.05) is 24.2 Å². The molecule has 3 heterocycles. The van der Waals surface area contributed by atoms with Crippen molar-refractivity contribution < 1.29 is 9.53 Å². The maximum atomic E-state index is 12.5. The maximum absolute atomic E-state index is 12.5. The first-order valence-electron chi connectivity index (χ1n) is 7.99. The lowest BCUT2D eigenvalue weighted by atomic mass is 9.84. The van der Waals surface area contributed by atoms with E-state index < -0.39 is 5.60 Å². The smallest absolute Gasteiger partial charge is 0.410 e. The predicted molar refractivity (Wildman–Crippen MR) is 85.6 cm³/mol. The predicted octanol–water partition coefficient (Wildman–Crippen LogP) is 3.23. The fourth-order valence-corrected chi connectivity index (χ4v) is 3.76. The quantitative estimate of drug-likeness (QED) is 0.865. The van der Waals surface area contributed by atoms with Crippen LogP contribution >= 0.6 is 0 Å². The van der Waals surface area contributed by atoms with E-state index in [-0.39, 0.29) is 12.1 Å². The summed E-state index contributed by atoms with van der Waals surface area (Å²) >= 11 is 0. The summed E-state index contributed by atoms with van der Waals surface area (Å²) in [5.74, 6) is 0.925. The van der Waals surface area contributed by atoms with Crippen molar-refractivity contribution in [2.24, 2.45) is 0 Å². The summed E-state index contributed by atoms with van der Waals surface area (Å²) in [4.78, 5) is 18.7. The largest absolute Gasteiger partial charge is 0.444 e. The number of hydrogen-bond acceptors (Lipinski definition) is 4. The van der Waals surface area contributed by atoms with Crippen LogP contribution in [0.15, 0.2) is 12.3 Å². The molecule has 120 valence electrons. The monoisotopic (exact) mass is 303 g/mol. The molecule has 3 unspecified atom stereocenters. The van der Waals surface area contributed by atoms with Gasteiger partial charge in [-0.05, 0) is 58.1 Å². The minimum absolute atomic E-state index is 0.178. The molecule has 2 saturated heterocycles. The number of pyridine rings is 1. The molecule has 5 nitrogen and oxygen atoms in total. The van der Waals surface area contributed by atoms with Gasteiger partial charge in [-0.15, -0.1) is 0 Å². The number of carbonyl (C=O) groups is 1. The molecule has 0 spiro atoms. The Morgan fingerprint density at radius 1 is 1.41 bits per heavy atom. The van der Waals surface area contributed by atoms with E-state index in [0.717, 1.165) is 24.8 Å². The lowest BCUT2D eigenvalue weighted by molar-refractivity contribution is 0.0213. The summed E-state index contributed by atoms with van der Waals surface area (Å²) in [5.41, 5.74) is 7.55. The summed E-state index contributed by atoms with van der Waals surface area (Å²) in [6.45, 7) is 7.71. The molecule has 1 amide bonds. The van der Waals surface area contributed by atoms with E-state index in [1.165, 1.54) is 5.56 Å². The standard InChI is InChI=1S/C17H25N3O2/c1-10-7-11(9-19-15(10)18)13-8-12-5-6-14(13)20(12)16(21)22-17(2,3)4/h7,9,12-14H,5-6,8H2,1-4H3,(H2,18,19). The second-order valence-electron chi connectivity index (χ2n) is 7.50. The Balaban J connectivity index is 1.81. The molecule has 2 N–H and O–H groups in total. The van der Waals surface area contributed by atoms with Crippen LogP contribution in [0, 0.1) is 6.92 Å². The summed E-state index contributed by atoms with van der Waals surface area (Å²) in [7, 11) is 0.